The van der Waals surface area contributed by atoms with E-state index in [9.17, 15) is 14.9 Å². The van der Waals surface area contributed by atoms with Gasteiger partial charge in [-0.1, -0.05) is 13.0 Å². The molecule has 0 heterocycles. The van der Waals surface area contributed by atoms with E-state index in [4.69, 9.17) is 16.2 Å². The Balaban J connectivity index is 2.88. The van der Waals surface area contributed by atoms with Crippen LogP contribution in [0.15, 0.2) is 18.2 Å². The summed E-state index contributed by atoms with van der Waals surface area (Å²) in [6.45, 7) is 1.70. The lowest BCUT2D eigenvalue weighted by Gasteiger charge is -2.10. The fourth-order valence-corrected chi connectivity index (χ4v) is 1.31. The van der Waals surface area contributed by atoms with E-state index in [2.05, 4.69) is 0 Å². The summed E-state index contributed by atoms with van der Waals surface area (Å²) in [5, 5.41) is 10.9. The number of nitrogens with zero attached hydrogens (tertiary/aromatic N) is 1. The Hall–Kier alpha value is -2.15. The summed E-state index contributed by atoms with van der Waals surface area (Å²) >= 11 is 0. The first-order chi connectivity index (χ1) is 8.45. The molecule has 1 rings (SSSR count). The van der Waals surface area contributed by atoms with Crippen LogP contribution in [0.1, 0.15) is 12.5 Å². The average Bonchev–Trinajstić information content (AvgIpc) is 2.35. The molecule has 0 aromatic heterocycles. The SMILES string of the molecule is CCc1ccc(OCC(N)C(N)=O)c([N+](=O)[O-])c1. The van der Waals surface area contributed by atoms with Crippen LogP contribution in [0.2, 0.25) is 0 Å². The molecule has 1 aromatic carbocycles. The van der Waals surface area contributed by atoms with Crippen molar-refractivity contribution >= 4 is 11.6 Å². The van der Waals surface area contributed by atoms with E-state index in [-0.39, 0.29) is 18.0 Å². The largest absolute Gasteiger partial charge is 0.485 e. The second kappa shape index (κ2) is 5.97. The Morgan fingerprint density at radius 3 is 2.72 bits per heavy atom. The number of nitro benzene ring substituents is 1. The van der Waals surface area contributed by atoms with E-state index in [1.807, 2.05) is 6.92 Å². The standard InChI is InChI=1S/C11H15N3O4/c1-2-7-3-4-10(9(5-7)14(16)17)18-6-8(12)11(13)15/h3-5,8H,2,6,12H2,1H3,(H2,13,15). The zero-order valence-corrected chi connectivity index (χ0v) is 9.96. The molecule has 1 aromatic rings. The van der Waals surface area contributed by atoms with Gasteiger partial charge in [-0.25, -0.2) is 0 Å². The smallest absolute Gasteiger partial charge is 0.311 e. The lowest BCUT2D eigenvalue weighted by molar-refractivity contribution is -0.385. The number of carbonyl (C=O) groups is 1. The predicted octanol–water partition coefficient (Wildman–Crippen LogP) is 0.349. The van der Waals surface area contributed by atoms with Crippen molar-refractivity contribution in [2.45, 2.75) is 19.4 Å². The van der Waals surface area contributed by atoms with Crippen LogP contribution in [0.3, 0.4) is 0 Å². The van der Waals surface area contributed by atoms with Gasteiger partial charge < -0.3 is 16.2 Å². The van der Waals surface area contributed by atoms with Crippen molar-refractivity contribution in [3.8, 4) is 5.75 Å². The number of nitrogens with two attached hydrogens (primary N) is 2. The summed E-state index contributed by atoms with van der Waals surface area (Å²) in [6.07, 6.45) is 0.682. The molecule has 0 saturated carbocycles. The molecule has 98 valence electrons. The van der Waals surface area contributed by atoms with Gasteiger partial charge in [-0.3, -0.25) is 14.9 Å². The molecule has 0 radical (unpaired) electrons. The van der Waals surface area contributed by atoms with Gasteiger partial charge in [-0.05, 0) is 18.1 Å². The van der Waals surface area contributed by atoms with E-state index in [1.54, 1.807) is 6.07 Å². The third-order valence-electron chi connectivity index (χ3n) is 2.41. The minimum atomic E-state index is -0.990. The molecule has 18 heavy (non-hydrogen) atoms. The first kappa shape index (κ1) is 13.9. The van der Waals surface area contributed by atoms with E-state index >= 15 is 0 Å². The van der Waals surface area contributed by atoms with Gasteiger partial charge in [0.1, 0.15) is 12.6 Å². The molecule has 1 amide bonds. The van der Waals surface area contributed by atoms with Crippen LogP contribution in [0.25, 0.3) is 0 Å². The zero-order valence-electron chi connectivity index (χ0n) is 9.96. The van der Waals surface area contributed by atoms with Gasteiger partial charge in [0.05, 0.1) is 4.92 Å². The number of aryl methyl sites for hydroxylation is 1. The monoisotopic (exact) mass is 253 g/mol. The molecule has 0 saturated heterocycles. The van der Waals surface area contributed by atoms with Crippen LogP contribution in [0.5, 0.6) is 5.75 Å². The van der Waals surface area contributed by atoms with Crippen LogP contribution < -0.4 is 16.2 Å². The number of hydrogen-bond acceptors (Lipinski definition) is 5. The van der Waals surface area contributed by atoms with Gasteiger partial charge in [-0.2, -0.15) is 0 Å². The highest BCUT2D eigenvalue weighted by Gasteiger charge is 2.18. The summed E-state index contributed by atoms with van der Waals surface area (Å²) < 4.78 is 5.15. The summed E-state index contributed by atoms with van der Waals surface area (Å²) in [7, 11) is 0. The Labute approximate surface area is 104 Å². The van der Waals surface area contributed by atoms with E-state index in [0.29, 0.717) is 6.42 Å². The van der Waals surface area contributed by atoms with Crippen LogP contribution in [-0.4, -0.2) is 23.5 Å². The fraction of sp³-hybridized carbons (Fsp3) is 0.364. The second-order valence-corrected chi connectivity index (χ2v) is 3.73. The Morgan fingerprint density at radius 1 is 1.56 bits per heavy atom. The summed E-state index contributed by atoms with van der Waals surface area (Å²) in [5.74, 6) is -0.642. The average molecular weight is 253 g/mol. The highest BCUT2D eigenvalue weighted by atomic mass is 16.6. The number of nitro groups is 1. The fourth-order valence-electron chi connectivity index (χ4n) is 1.31. The molecule has 0 aliphatic heterocycles. The first-order valence-electron chi connectivity index (χ1n) is 5.40. The third-order valence-corrected chi connectivity index (χ3v) is 2.41. The maximum atomic E-state index is 10.9. The lowest BCUT2D eigenvalue weighted by atomic mass is 10.1. The highest BCUT2D eigenvalue weighted by molar-refractivity contribution is 5.79. The van der Waals surface area contributed by atoms with Gasteiger partial charge >= 0.3 is 5.69 Å². The quantitative estimate of drug-likeness (QED) is 0.559. The number of benzene rings is 1. The molecule has 0 bridgehead atoms. The molecular weight excluding hydrogens is 238 g/mol. The van der Waals surface area contributed by atoms with Gasteiger partial charge in [0.2, 0.25) is 5.91 Å². The van der Waals surface area contributed by atoms with Gasteiger partial charge in [0.25, 0.3) is 0 Å². The minimum Gasteiger partial charge on any atom is -0.485 e. The van der Waals surface area contributed by atoms with Crippen molar-refractivity contribution < 1.29 is 14.5 Å². The van der Waals surface area contributed by atoms with E-state index in [1.165, 1.54) is 12.1 Å². The first-order valence-corrected chi connectivity index (χ1v) is 5.40. The van der Waals surface area contributed by atoms with Crippen LogP contribution in [0, 0.1) is 10.1 Å². The van der Waals surface area contributed by atoms with E-state index in [0.717, 1.165) is 5.56 Å². The summed E-state index contributed by atoms with van der Waals surface area (Å²) in [5.41, 5.74) is 11.0. The molecule has 0 aliphatic carbocycles. The van der Waals surface area contributed by atoms with Gasteiger partial charge in [0, 0.05) is 6.07 Å². The van der Waals surface area contributed by atoms with Gasteiger partial charge in [0.15, 0.2) is 5.75 Å². The maximum Gasteiger partial charge on any atom is 0.311 e. The lowest BCUT2D eigenvalue weighted by Crippen LogP contribution is -2.41. The van der Waals surface area contributed by atoms with Crippen molar-refractivity contribution in [2.75, 3.05) is 6.61 Å². The molecule has 4 N–H and O–H groups in total. The summed E-state index contributed by atoms with van der Waals surface area (Å²) in [4.78, 5) is 21.1. The zero-order chi connectivity index (χ0) is 13.7. The Morgan fingerprint density at radius 2 is 2.22 bits per heavy atom. The van der Waals surface area contributed by atoms with Crippen molar-refractivity contribution in [3.63, 3.8) is 0 Å². The van der Waals surface area contributed by atoms with Crippen molar-refractivity contribution in [1.29, 1.82) is 0 Å². The van der Waals surface area contributed by atoms with Crippen molar-refractivity contribution in [1.82, 2.24) is 0 Å². The van der Waals surface area contributed by atoms with Crippen molar-refractivity contribution in [3.05, 3.63) is 33.9 Å². The normalized spacial score (nSPS) is 11.9. The molecule has 1 unspecified atom stereocenters. The Kier molecular flexibility index (Phi) is 4.61. The number of carbonyl (C=O) groups excluding carboxylic acids is 1. The number of amides is 1. The van der Waals surface area contributed by atoms with E-state index < -0.39 is 16.9 Å². The molecule has 1 atom stereocenters. The topological polar surface area (TPSA) is 121 Å². The number of primary amides is 1. The maximum absolute atomic E-state index is 10.9. The van der Waals surface area contributed by atoms with Crippen molar-refractivity contribution in [2.24, 2.45) is 11.5 Å². The second-order valence-electron chi connectivity index (χ2n) is 3.73. The van der Waals surface area contributed by atoms with Crippen LogP contribution in [-0.2, 0) is 11.2 Å². The predicted molar refractivity (Wildman–Crippen MR) is 65.1 cm³/mol. The number of ether oxygens (including phenoxy) is 1. The summed E-state index contributed by atoms with van der Waals surface area (Å²) in [6, 6.07) is 3.66. The number of hydrogen-bond donors (Lipinski definition) is 2. The third kappa shape index (κ3) is 3.42. The molecular formula is C11H15N3O4. The van der Waals surface area contributed by atoms with Gasteiger partial charge in [-0.15, -0.1) is 0 Å². The minimum absolute atomic E-state index is 0.0777. The van der Waals surface area contributed by atoms with Crippen LogP contribution in [0.4, 0.5) is 5.69 Å². The Bertz CT molecular complexity index is 462. The number of rotatable bonds is 6. The highest BCUT2D eigenvalue weighted by Crippen LogP contribution is 2.28. The molecule has 7 nitrogen and oxygen atoms in total. The molecule has 0 spiro atoms. The molecule has 0 aliphatic rings. The molecule has 0 fully saturated rings. The van der Waals surface area contributed by atoms with Crippen LogP contribution >= 0.6 is 0 Å². The molecule has 7 heteroatoms.